The zero-order valence-electron chi connectivity index (χ0n) is 9.13. The van der Waals surface area contributed by atoms with E-state index in [2.05, 4.69) is 5.10 Å². The van der Waals surface area contributed by atoms with Gasteiger partial charge in [0.05, 0.1) is 6.10 Å². The summed E-state index contributed by atoms with van der Waals surface area (Å²) in [5, 5.41) is 13.1. The lowest BCUT2D eigenvalue weighted by atomic mass is 9.90. The summed E-state index contributed by atoms with van der Waals surface area (Å²) in [7, 11) is 0. The molecule has 0 saturated heterocycles. The summed E-state index contributed by atoms with van der Waals surface area (Å²) in [6.45, 7) is 1.61. The molecule has 0 aliphatic heterocycles. The van der Waals surface area contributed by atoms with Crippen molar-refractivity contribution in [1.29, 1.82) is 0 Å². The minimum atomic E-state index is -3.20. The van der Waals surface area contributed by atoms with Gasteiger partial charge in [0.25, 0.3) is 12.3 Å². The number of aromatic nitrogens is 2. The molecular formula is C10H12F4N2O. The summed E-state index contributed by atoms with van der Waals surface area (Å²) in [4.78, 5) is 0. The van der Waals surface area contributed by atoms with Crippen LogP contribution in [0, 0.1) is 0 Å². The number of hydrogen-bond acceptors (Lipinski definition) is 2. The van der Waals surface area contributed by atoms with Crippen molar-refractivity contribution in [1.82, 2.24) is 9.78 Å². The van der Waals surface area contributed by atoms with E-state index in [9.17, 15) is 22.7 Å². The largest absolute Gasteiger partial charge is 0.388 e. The van der Waals surface area contributed by atoms with Gasteiger partial charge in [-0.05, 0) is 13.3 Å². The number of aryl methyl sites for hydroxylation is 1. The molecule has 1 heterocycles. The van der Waals surface area contributed by atoms with Crippen molar-refractivity contribution in [2.75, 3.05) is 0 Å². The predicted molar refractivity (Wildman–Crippen MR) is 50.9 cm³/mol. The molecule has 0 fully saturated rings. The SMILES string of the molecule is CCn1nc(C(F)F)c2c1C(F)(F)CCC2O. The first-order chi connectivity index (χ1) is 7.88. The monoisotopic (exact) mass is 252 g/mol. The first-order valence-corrected chi connectivity index (χ1v) is 5.33. The topological polar surface area (TPSA) is 38.0 Å². The van der Waals surface area contributed by atoms with E-state index in [4.69, 9.17) is 0 Å². The van der Waals surface area contributed by atoms with Crippen LogP contribution in [0.25, 0.3) is 0 Å². The Morgan fingerprint density at radius 1 is 1.53 bits per heavy atom. The van der Waals surface area contributed by atoms with E-state index in [1.807, 2.05) is 0 Å². The number of alkyl halides is 4. The summed E-state index contributed by atoms with van der Waals surface area (Å²) in [5.41, 5.74) is -1.68. The molecule has 1 aliphatic rings. The Morgan fingerprint density at radius 2 is 2.18 bits per heavy atom. The number of fused-ring (bicyclic) bond motifs is 1. The van der Waals surface area contributed by atoms with E-state index in [0.29, 0.717) is 0 Å². The van der Waals surface area contributed by atoms with Crippen molar-refractivity contribution < 1.29 is 22.7 Å². The highest BCUT2D eigenvalue weighted by atomic mass is 19.3. The maximum Gasteiger partial charge on any atom is 0.289 e. The first-order valence-electron chi connectivity index (χ1n) is 5.33. The van der Waals surface area contributed by atoms with Gasteiger partial charge in [0.15, 0.2) is 0 Å². The van der Waals surface area contributed by atoms with Crippen molar-refractivity contribution in [3.05, 3.63) is 17.0 Å². The number of rotatable bonds is 2. The van der Waals surface area contributed by atoms with Crippen LogP contribution in [0.2, 0.25) is 0 Å². The summed E-state index contributed by atoms with van der Waals surface area (Å²) < 4.78 is 53.6. The lowest BCUT2D eigenvalue weighted by Crippen LogP contribution is -2.26. The molecule has 0 amide bonds. The Morgan fingerprint density at radius 3 is 2.71 bits per heavy atom. The summed E-state index contributed by atoms with van der Waals surface area (Å²) in [6.07, 6.45) is -5.01. The van der Waals surface area contributed by atoms with Gasteiger partial charge < -0.3 is 5.11 Å². The van der Waals surface area contributed by atoms with Crippen LogP contribution in [0.1, 0.15) is 49.2 Å². The Hall–Kier alpha value is -1.11. The molecule has 0 aromatic carbocycles. The molecular weight excluding hydrogens is 240 g/mol. The number of aliphatic hydroxyl groups excluding tert-OH is 1. The Labute approximate surface area is 95.0 Å². The Bertz CT molecular complexity index is 430. The van der Waals surface area contributed by atoms with Crippen molar-refractivity contribution in [3.63, 3.8) is 0 Å². The molecule has 0 spiro atoms. The van der Waals surface area contributed by atoms with Crippen LogP contribution in [-0.2, 0) is 12.5 Å². The lowest BCUT2D eigenvalue weighted by molar-refractivity contribution is -0.0497. The molecule has 1 unspecified atom stereocenters. The molecule has 1 aromatic heterocycles. The van der Waals surface area contributed by atoms with Gasteiger partial charge in [-0.2, -0.15) is 13.9 Å². The zero-order chi connectivity index (χ0) is 12.8. The minimum Gasteiger partial charge on any atom is -0.388 e. The maximum atomic E-state index is 13.7. The third-order valence-corrected chi connectivity index (χ3v) is 2.94. The fourth-order valence-electron chi connectivity index (χ4n) is 2.18. The van der Waals surface area contributed by atoms with E-state index in [1.54, 1.807) is 6.92 Å². The van der Waals surface area contributed by atoms with Gasteiger partial charge in [0, 0.05) is 18.5 Å². The maximum absolute atomic E-state index is 13.7. The minimum absolute atomic E-state index is 0.0668. The Kier molecular flexibility index (Phi) is 2.89. The molecule has 1 aromatic rings. The second-order valence-corrected chi connectivity index (χ2v) is 4.02. The van der Waals surface area contributed by atoms with Gasteiger partial charge in [-0.25, -0.2) is 8.78 Å². The van der Waals surface area contributed by atoms with Crippen LogP contribution >= 0.6 is 0 Å². The van der Waals surface area contributed by atoms with Gasteiger partial charge >= 0.3 is 0 Å². The zero-order valence-corrected chi connectivity index (χ0v) is 9.13. The smallest absolute Gasteiger partial charge is 0.289 e. The van der Waals surface area contributed by atoms with Crippen LogP contribution < -0.4 is 0 Å². The molecule has 96 valence electrons. The van der Waals surface area contributed by atoms with Crippen LogP contribution in [0.15, 0.2) is 0 Å². The highest BCUT2D eigenvalue weighted by Crippen LogP contribution is 2.46. The average Bonchev–Trinajstić information content (AvgIpc) is 2.65. The van der Waals surface area contributed by atoms with Gasteiger partial charge in [0.1, 0.15) is 11.4 Å². The number of hydrogen-bond donors (Lipinski definition) is 1. The fourth-order valence-corrected chi connectivity index (χ4v) is 2.18. The van der Waals surface area contributed by atoms with E-state index < -0.39 is 41.8 Å². The van der Waals surface area contributed by atoms with Crippen LogP contribution in [0.4, 0.5) is 17.6 Å². The molecule has 1 N–H and O–H groups in total. The Balaban J connectivity index is 2.66. The molecule has 0 saturated carbocycles. The van der Waals surface area contributed by atoms with Crippen molar-refractivity contribution in [2.45, 2.75) is 44.8 Å². The predicted octanol–water partition coefficient (Wildman–Crippen LogP) is 2.76. The first kappa shape index (κ1) is 12.3. The molecule has 2 rings (SSSR count). The summed E-state index contributed by atoms with van der Waals surface area (Å²) in [5.74, 6) is -3.20. The van der Waals surface area contributed by atoms with Crippen LogP contribution in [-0.4, -0.2) is 14.9 Å². The fraction of sp³-hybridized carbons (Fsp3) is 0.700. The molecule has 7 heteroatoms. The molecule has 3 nitrogen and oxygen atoms in total. The van der Waals surface area contributed by atoms with Crippen molar-refractivity contribution in [3.8, 4) is 0 Å². The molecule has 1 atom stereocenters. The quantitative estimate of drug-likeness (QED) is 0.822. The van der Waals surface area contributed by atoms with Gasteiger partial charge in [-0.15, -0.1) is 0 Å². The number of nitrogens with zero attached hydrogens (tertiary/aromatic N) is 2. The third-order valence-electron chi connectivity index (χ3n) is 2.94. The highest BCUT2D eigenvalue weighted by Gasteiger charge is 2.46. The lowest BCUT2D eigenvalue weighted by Gasteiger charge is -2.27. The van der Waals surface area contributed by atoms with Gasteiger partial charge in [-0.1, -0.05) is 0 Å². The van der Waals surface area contributed by atoms with E-state index in [-0.39, 0.29) is 13.0 Å². The number of halogens is 4. The van der Waals surface area contributed by atoms with Gasteiger partial charge in [-0.3, -0.25) is 4.68 Å². The van der Waals surface area contributed by atoms with Crippen molar-refractivity contribution in [2.24, 2.45) is 0 Å². The van der Waals surface area contributed by atoms with Crippen molar-refractivity contribution >= 4 is 0 Å². The van der Waals surface area contributed by atoms with E-state index in [1.165, 1.54) is 0 Å². The highest BCUT2D eigenvalue weighted by molar-refractivity contribution is 5.35. The van der Waals surface area contributed by atoms with Crippen LogP contribution in [0.3, 0.4) is 0 Å². The molecule has 1 aliphatic carbocycles. The van der Waals surface area contributed by atoms with E-state index >= 15 is 0 Å². The summed E-state index contributed by atoms with van der Waals surface area (Å²) in [6, 6.07) is 0. The third kappa shape index (κ3) is 1.82. The molecule has 17 heavy (non-hydrogen) atoms. The normalized spacial score (nSPS) is 22.9. The standard InChI is InChI=1S/C10H12F4N2O/c1-2-16-8-6(7(15-16)9(11)12)5(17)3-4-10(8,13)14/h5,9,17H,2-4H2,1H3. The second kappa shape index (κ2) is 3.97. The molecule has 0 radical (unpaired) electrons. The number of aliphatic hydroxyl groups is 1. The van der Waals surface area contributed by atoms with Crippen LogP contribution in [0.5, 0.6) is 0 Å². The van der Waals surface area contributed by atoms with Gasteiger partial charge in [0.2, 0.25) is 0 Å². The molecule has 0 bridgehead atoms. The summed E-state index contributed by atoms with van der Waals surface area (Å²) >= 11 is 0. The second-order valence-electron chi connectivity index (χ2n) is 4.02. The van der Waals surface area contributed by atoms with E-state index in [0.717, 1.165) is 4.68 Å². The average molecular weight is 252 g/mol.